The van der Waals surface area contributed by atoms with Crippen molar-refractivity contribution in [3.63, 3.8) is 0 Å². The van der Waals surface area contributed by atoms with Gasteiger partial charge in [0, 0.05) is 18.0 Å². The van der Waals surface area contributed by atoms with Crippen LogP contribution in [0.1, 0.15) is 46.4 Å². The first-order valence-electron chi connectivity index (χ1n) is 11.1. The van der Waals surface area contributed by atoms with Gasteiger partial charge in [-0.15, -0.1) is 0 Å². The Hall–Kier alpha value is -3.74. The van der Waals surface area contributed by atoms with Gasteiger partial charge in [0.2, 0.25) is 5.91 Å². The normalized spacial score (nSPS) is 17.8. The van der Waals surface area contributed by atoms with Crippen LogP contribution in [0.2, 0.25) is 0 Å². The Kier molecular flexibility index (Phi) is 6.98. The number of benzene rings is 3. The maximum absolute atomic E-state index is 13.7. The maximum Gasteiger partial charge on any atom is 0.270 e. The first kappa shape index (κ1) is 22.5. The van der Waals surface area contributed by atoms with E-state index in [0.29, 0.717) is 24.9 Å². The number of amides is 3. The molecule has 0 radical (unpaired) electrons. The number of nitrogens with one attached hydrogen (secondary N) is 3. The van der Waals surface area contributed by atoms with Gasteiger partial charge in [-0.05, 0) is 60.6 Å². The second kappa shape index (κ2) is 10.3. The fraction of sp³-hybridized carbons (Fsp3) is 0.269. The minimum Gasteiger partial charge on any atom is -0.352 e. The molecule has 0 aromatic heterocycles. The van der Waals surface area contributed by atoms with Crippen LogP contribution < -0.4 is 16.2 Å². The zero-order valence-corrected chi connectivity index (χ0v) is 18.1. The molecule has 33 heavy (non-hydrogen) atoms. The van der Waals surface area contributed by atoms with E-state index in [1.807, 2.05) is 36.4 Å². The molecule has 0 atom stereocenters. The molecule has 0 unspecified atom stereocenters. The maximum atomic E-state index is 13.7. The highest BCUT2D eigenvalue weighted by molar-refractivity contribution is 6.07. The van der Waals surface area contributed by atoms with Crippen molar-refractivity contribution in [2.24, 2.45) is 11.8 Å². The second-order valence-electron chi connectivity index (χ2n) is 8.38. The molecule has 0 saturated heterocycles. The van der Waals surface area contributed by atoms with Crippen molar-refractivity contribution < 1.29 is 18.8 Å². The highest BCUT2D eigenvalue weighted by Crippen LogP contribution is 2.28. The van der Waals surface area contributed by atoms with E-state index in [1.165, 1.54) is 12.1 Å². The average molecular weight is 448 g/mol. The van der Waals surface area contributed by atoms with Gasteiger partial charge in [0.15, 0.2) is 0 Å². The standard InChI is InChI=1S/C26H26FN3O3/c27-23-11-4-3-9-22(23)25(32)28-16-17-12-14-19(15-13-17)24(31)29-30-26(33)21-10-5-7-18-6-1-2-8-20(18)21/h1-11,17,19H,12-16H2,(H,28,32)(H,29,31)(H,30,33). The zero-order valence-electron chi connectivity index (χ0n) is 18.1. The lowest BCUT2D eigenvalue weighted by Crippen LogP contribution is -2.45. The highest BCUT2D eigenvalue weighted by atomic mass is 19.1. The Morgan fingerprint density at radius 3 is 2.21 bits per heavy atom. The van der Waals surface area contributed by atoms with Gasteiger partial charge < -0.3 is 5.32 Å². The second-order valence-corrected chi connectivity index (χ2v) is 8.38. The summed E-state index contributed by atoms with van der Waals surface area (Å²) in [6, 6.07) is 18.9. The summed E-state index contributed by atoms with van der Waals surface area (Å²) in [4.78, 5) is 37.3. The van der Waals surface area contributed by atoms with E-state index in [9.17, 15) is 18.8 Å². The third kappa shape index (κ3) is 5.37. The molecule has 0 bridgehead atoms. The van der Waals surface area contributed by atoms with Crippen LogP contribution >= 0.6 is 0 Å². The predicted octanol–water partition coefficient (Wildman–Crippen LogP) is 3.98. The quantitative estimate of drug-likeness (QED) is 0.517. The molecule has 1 aliphatic rings. The monoisotopic (exact) mass is 447 g/mol. The molecule has 3 aromatic rings. The van der Waals surface area contributed by atoms with E-state index in [0.717, 1.165) is 23.6 Å². The average Bonchev–Trinajstić information content (AvgIpc) is 2.86. The molecule has 1 aliphatic carbocycles. The number of carbonyl (C=O) groups is 3. The lowest BCUT2D eigenvalue weighted by Gasteiger charge is -2.28. The van der Waals surface area contributed by atoms with Crippen molar-refractivity contribution >= 4 is 28.5 Å². The van der Waals surface area contributed by atoms with E-state index in [1.54, 1.807) is 18.2 Å². The molecule has 0 spiro atoms. The fourth-order valence-corrected chi connectivity index (χ4v) is 4.32. The summed E-state index contributed by atoms with van der Waals surface area (Å²) in [5.41, 5.74) is 5.63. The summed E-state index contributed by atoms with van der Waals surface area (Å²) in [6.45, 7) is 0.444. The summed E-state index contributed by atoms with van der Waals surface area (Å²) >= 11 is 0. The fourth-order valence-electron chi connectivity index (χ4n) is 4.32. The van der Waals surface area contributed by atoms with Gasteiger partial charge in [-0.3, -0.25) is 25.2 Å². The molecular formula is C26H26FN3O3. The van der Waals surface area contributed by atoms with Gasteiger partial charge >= 0.3 is 0 Å². The molecule has 0 aliphatic heterocycles. The number of carbonyl (C=O) groups excluding carboxylic acids is 3. The van der Waals surface area contributed by atoms with Crippen molar-refractivity contribution in [1.82, 2.24) is 16.2 Å². The van der Waals surface area contributed by atoms with E-state index < -0.39 is 11.7 Å². The first-order chi connectivity index (χ1) is 16.0. The predicted molar refractivity (Wildman–Crippen MR) is 124 cm³/mol. The Bertz CT molecular complexity index is 1170. The topological polar surface area (TPSA) is 87.3 Å². The van der Waals surface area contributed by atoms with Crippen LogP contribution in [-0.2, 0) is 4.79 Å². The van der Waals surface area contributed by atoms with Crippen LogP contribution in [0, 0.1) is 17.7 Å². The SMILES string of the molecule is O=C(NCC1CCC(C(=O)NNC(=O)c2cccc3ccccc23)CC1)c1ccccc1F. The van der Waals surface area contributed by atoms with E-state index in [2.05, 4.69) is 16.2 Å². The van der Waals surface area contributed by atoms with Crippen molar-refractivity contribution in [1.29, 1.82) is 0 Å². The van der Waals surface area contributed by atoms with Crippen LogP contribution in [0.5, 0.6) is 0 Å². The molecular weight excluding hydrogens is 421 g/mol. The van der Waals surface area contributed by atoms with Crippen LogP contribution in [0.25, 0.3) is 10.8 Å². The van der Waals surface area contributed by atoms with Gasteiger partial charge in [0.1, 0.15) is 5.82 Å². The number of hydrogen-bond acceptors (Lipinski definition) is 3. The molecule has 7 heteroatoms. The van der Waals surface area contributed by atoms with Crippen LogP contribution in [0.3, 0.4) is 0 Å². The Morgan fingerprint density at radius 1 is 0.758 bits per heavy atom. The van der Waals surface area contributed by atoms with Crippen LogP contribution in [-0.4, -0.2) is 24.3 Å². The molecule has 6 nitrogen and oxygen atoms in total. The van der Waals surface area contributed by atoms with Gasteiger partial charge in [-0.25, -0.2) is 4.39 Å². The molecule has 1 saturated carbocycles. The lowest BCUT2D eigenvalue weighted by molar-refractivity contribution is -0.127. The molecule has 170 valence electrons. The van der Waals surface area contributed by atoms with Gasteiger partial charge in [0.05, 0.1) is 5.56 Å². The first-order valence-corrected chi connectivity index (χ1v) is 11.1. The Balaban J connectivity index is 1.23. The van der Waals surface area contributed by atoms with E-state index in [-0.39, 0.29) is 29.2 Å². The number of halogens is 1. The van der Waals surface area contributed by atoms with Gasteiger partial charge in [-0.1, -0.05) is 48.5 Å². The Morgan fingerprint density at radius 2 is 1.42 bits per heavy atom. The summed E-state index contributed by atoms with van der Waals surface area (Å²) in [5, 5.41) is 4.57. The van der Waals surface area contributed by atoms with Gasteiger partial charge in [-0.2, -0.15) is 0 Å². The zero-order chi connectivity index (χ0) is 23.2. The van der Waals surface area contributed by atoms with Crippen molar-refractivity contribution in [2.45, 2.75) is 25.7 Å². The highest BCUT2D eigenvalue weighted by Gasteiger charge is 2.27. The molecule has 1 fully saturated rings. The largest absolute Gasteiger partial charge is 0.352 e. The Labute approximate surface area is 191 Å². The molecule has 3 amide bonds. The van der Waals surface area contributed by atoms with Crippen molar-refractivity contribution in [3.05, 3.63) is 83.7 Å². The third-order valence-corrected chi connectivity index (χ3v) is 6.22. The minimum absolute atomic E-state index is 0.0347. The summed E-state index contributed by atoms with van der Waals surface area (Å²) in [5.74, 6) is -1.50. The van der Waals surface area contributed by atoms with Crippen molar-refractivity contribution in [2.75, 3.05) is 6.54 Å². The van der Waals surface area contributed by atoms with Crippen molar-refractivity contribution in [3.8, 4) is 0 Å². The van der Waals surface area contributed by atoms with Gasteiger partial charge in [0.25, 0.3) is 11.8 Å². The van der Waals surface area contributed by atoms with E-state index in [4.69, 9.17) is 0 Å². The number of hydrogen-bond donors (Lipinski definition) is 3. The molecule has 3 aromatic carbocycles. The summed E-state index contributed by atoms with van der Waals surface area (Å²) in [7, 11) is 0. The van der Waals surface area contributed by atoms with Crippen LogP contribution in [0.15, 0.2) is 66.7 Å². The molecule has 3 N–H and O–H groups in total. The van der Waals surface area contributed by atoms with E-state index >= 15 is 0 Å². The summed E-state index contributed by atoms with van der Waals surface area (Å²) < 4.78 is 13.7. The third-order valence-electron chi connectivity index (χ3n) is 6.22. The number of hydrazine groups is 1. The molecule has 4 rings (SSSR count). The lowest BCUT2D eigenvalue weighted by atomic mass is 9.81. The van der Waals surface area contributed by atoms with Crippen LogP contribution in [0.4, 0.5) is 4.39 Å². The summed E-state index contributed by atoms with van der Waals surface area (Å²) in [6.07, 6.45) is 2.87. The minimum atomic E-state index is -0.541. The number of rotatable bonds is 5. The molecule has 0 heterocycles. The smallest absolute Gasteiger partial charge is 0.270 e. The number of fused-ring (bicyclic) bond motifs is 1.